The van der Waals surface area contributed by atoms with Gasteiger partial charge in [0.1, 0.15) is 0 Å². The largest absolute Gasteiger partial charge is 2.00 e. The predicted octanol–water partition coefficient (Wildman–Crippen LogP) is -4.34. The minimum atomic E-state index is 0. The summed E-state index contributed by atoms with van der Waals surface area (Å²) in [5.74, 6) is 0. The molecule has 0 unspecified atom stereocenters. The molecule has 0 amide bonds. The third kappa shape index (κ3) is 1910. The van der Waals surface area contributed by atoms with Crippen LogP contribution in [0.15, 0.2) is 0 Å². The molecule has 0 aromatic heterocycles. The van der Waals surface area contributed by atoms with Gasteiger partial charge in [-0.25, -0.2) is 0 Å². The summed E-state index contributed by atoms with van der Waals surface area (Å²) in [5, 5.41) is 28.0. The van der Waals surface area contributed by atoms with Crippen LogP contribution in [0.25, 0.3) is 0 Å². The first-order valence-electron chi connectivity index (χ1n) is 0.333. The van der Waals surface area contributed by atoms with Crippen molar-refractivity contribution in [3.63, 3.8) is 0 Å². The van der Waals surface area contributed by atoms with Gasteiger partial charge in [0.25, 0.3) is 0 Å². The van der Waals surface area contributed by atoms with Gasteiger partial charge in [-0.05, 0) is 0 Å². The fourth-order valence-electron chi connectivity index (χ4n) is 0. The summed E-state index contributed by atoms with van der Waals surface area (Å²) in [4.78, 5) is 0. The van der Waals surface area contributed by atoms with Crippen LogP contribution in [0.3, 0.4) is 0 Å². The van der Waals surface area contributed by atoms with Crippen molar-refractivity contribution in [2.75, 3.05) is 0 Å². The van der Waals surface area contributed by atoms with Gasteiger partial charge < -0.3 is 38.8 Å². The summed E-state index contributed by atoms with van der Waals surface area (Å²) in [6.07, 6.45) is 0. The maximum atomic E-state index is 7.00. The van der Waals surface area contributed by atoms with Crippen molar-refractivity contribution >= 4 is 0 Å². The fraction of sp³-hybridized carbons (Fsp3) is 0. The quantitative estimate of drug-likeness (QED) is 0.270. The summed E-state index contributed by atoms with van der Waals surface area (Å²) in [5.41, 5.74) is 0. The third-order valence-electron chi connectivity index (χ3n) is 0. The zero-order chi connectivity index (χ0) is 4.00. The zero-order valence-corrected chi connectivity index (χ0v) is 5.59. The molecule has 1 radical (unpaired) electrons. The Kier molecular flexibility index (Phi) is 32700. The first-order chi connectivity index (χ1) is 2.00. The van der Waals surface area contributed by atoms with E-state index < -0.39 is 0 Å². The number of hydrogen-bond acceptors (Lipinski definition) is 5. The van der Waals surface area contributed by atoms with Gasteiger partial charge in [0, 0.05) is 18.6 Å². The molecule has 0 saturated heterocycles. The minimum Gasteiger partial charge on any atom is -2.00 e. The predicted molar refractivity (Wildman–Crippen MR) is 11.7 cm³/mol. The van der Waals surface area contributed by atoms with Crippen LogP contribution < -0.4 is 33.3 Å². The van der Waals surface area contributed by atoms with Crippen LogP contribution in [-0.4, -0.2) is 0 Å². The molecule has 8 heavy (non-hydrogen) atoms. The van der Waals surface area contributed by atoms with E-state index in [9.17, 15) is 0 Å². The molecule has 8 heteroatoms. The van der Waals surface area contributed by atoms with Crippen molar-refractivity contribution in [3.05, 3.63) is 0 Å². The Morgan fingerprint density at radius 2 is 0.750 bits per heavy atom. The molecule has 0 bridgehead atoms. The second-order valence-electron chi connectivity index (χ2n) is 0. The molecule has 7 nitrogen and oxygen atoms in total. The van der Waals surface area contributed by atoms with Gasteiger partial charge in [-0.1, -0.05) is 0 Å². The Bertz CT molecular complexity index is 10.4. The van der Waals surface area contributed by atoms with Crippen LogP contribution in [0, 0.1) is 0 Å². The molecule has 0 aliphatic heterocycles. The molecular formula is H7N2O5V-5. The van der Waals surface area contributed by atoms with Crippen molar-refractivity contribution < 1.29 is 45.1 Å². The first-order valence-corrected chi connectivity index (χ1v) is 0.333. The standard InChI is InChI=1S/2H3N.2O2.O.V/c;;2*1-2;;/h2*1H3;;;;/q;;3*-2;/p+1. The van der Waals surface area contributed by atoms with Crippen LogP contribution in [0.2, 0.25) is 0 Å². The molecule has 0 rings (SSSR count). The van der Waals surface area contributed by atoms with Gasteiger partial charge in [-0.2, -0.15) is 0 Å². The van der Waals surface area contributed by atoms with Gasteiger partial charge in [-0.3, -0.25) is 0 Å². The maximum Gasteiger partial charge on any atom is 0 e. The number of quaternary nitrogens is 1. The zero-order valence-electron chi connectivity index (χ0n) is 4.20. The van der Waals surface area contributed by atoms with Gasteiger partial charge in [-0.15, -0.1) is 0 Å². The molecule has 57 valence electrons. The van der Waals surface area contributed by atoms with E-state index in [1.54, 1.807) is 0 Å². The van der Waals surface area contributed by atoms with Crippen molar-refractivity contribution in [2.45, 2.75) is 0 Å². The van der Waals surface area contributed by atoms with Gasteiger partial charge in [0.15, 0.2) is 0 Å². The summed E-state index contributed by atoms with van der Waals surface area (Å²) in [6.45, 7) is 0. The van der Waals surface area contributed by atoms with E-state index in [-0.39, 0.29) is 36.3 Å². The molecule has 0 spiro atoms. The molecule has 0 aliphatic rings. The second kappa shape index (κ2) is 3130. The third-order valence-corrected chi connectivity index (χ3v) is 0. The van der Waals surface area contributed by atoms with Crippen LogP contribution in [0.1, 0.15) is 0 Å². The minimum absolute atomic E-state index is 0. The van der Waals surface area contributed by atoms with Crippen LogP contribution in [0.5, 0.6) is 0 Å². The van der Waals surface area contributed by atoms with Gasteiger partial charge >= 0.3 is 0 Å². The molecule has 0 saturated carbocycles. The monoisotopic (exact) mass is 166 g/mol. The van der Waals surface area contributed by atoms with Crippen LogP contribution in [-0.2, 0) is 24.0 Å². The fourth-order valence-corrected chi connectivity index (χ4v) is 0. The van der Waals surface area contributed by atoms with E-state index >= 15 is 0 Å². The SMILES string of the molecule is N.[NH4+].[O-2].[O-][O-].[O-][O-].[V]. The molecule has 0 aromatic carbocycles. The Morgan fingerprint density at radius 1 is 0.750 bits per heavy atom. The molecule has 0 aromatic rings. The summed E-state index contributed by atoms with van der Waals surface area (Å²) in [7, 11) is 0. The molecule has 0 fully saturated rings. The number of hydrogen-bond donors (Lipinski definition) is 2. The average Bonchev–Trinajstić information content (AvgIpc) is 1.50. The van der Waals surface area contributed by atoms with Gasteiger partial charge in [0.05, 0.1) is 0 Å². The maximum absolute atomic E-state index is 7.00. The first kappa shape index (κ1) is 83.4. The van der Waals surface area contributed by atoms with E-state index in [1.165, 1.54) is 0 Å². The van der Waals surface area contributed by atoms with Crippen molar-refractivity contribution in [2.24, 2.45) is 0 Å². The van der Waals surface area contributed by atoms with Crippen molar-refractivity contribution in [1.82, 2.24) is 12.3 Å². The van der Waals surface area contributed by atoms with E-state index in [1.807, 2.05) is 0 Å². The van der Waals surface area contributed by atoms with E-state index in [0.717, 1.165) is 0 Å². The Balaban J connectivity index is -0.00000000167. The average molecular weight is 166 g/mol. The van der Waals surface area contributed by atoms with Gasteiger partial charge in [0.2, 0.25) is 0 Å². The molecule has 0 aliphatic carbocycles. The van der Waals surface area contributed by atoms with E-state index in [0.29, 0.717) is 0 Å². The smallest absolute Gasteiger partial charge is 0 e. The van der Waals surface area contributed by atoms with Crippen LogP contribution in [0.4, 0.5) is 0 Å². The van der Waals surface area contributed by atoms with Crippen molar-refractivity contribution in [3.8, 4) is 0 Å². The van der Waals surface area contributed by atoms with Crippen molar-refractivity contribution in [1.29, 1.82) is 0 Å². The Hall–Kier alpha value is 0.304. The second-order valence-corrected chi connectivity index (χ2v) is 0. The Labute approximate surface area is 58.2 Å². The molecule has 7 N–H and O–H groups in total. The van der Waals surface area contributed by atoms with Crippen LogP contribution >= 0.6 is 0 Å². The van der Waals surface area contributed by atoms with E-state index in [2.05, 4.69) is 0 Å². The molecule has 0 atom stereocenters. The molecular weight excluding hydrogens is 159 g/mol. The summed E-state index contributed by atoms with van der Waals surface area (Å²) >= 11 is 0. The van der Waals surface area contributed by atoms with E-state index in [4.69, 9.17) is 21.0 Å². The topological polar surface area (TPSA) is 192 Å². The Morgan fingerprint density at radius 3 is 0.750 bits per heavy atom. The summed E-state index contributed by atoms with van der Waals surface area (Å²) in [6, 6.07) is 0. The number of rotatable bonds is 0. The normalized spacial score (nSPS) is 1.50. The molecule has 0 heterocycles. The summed E-state index contributed by atoms with van der Waals surface area (Å²) < 4.78 is 0.